The number of guanidine groups is 1. The van der Waals surface area contributed by atoms with E-state index in [9.17, 15) is 25.8 Å². The number of nitrogens with one attached hydrogen (secondary N) is 2. The van der Waals surface area contributed by atoms with Gasteiger partial charge in [-0.25, -0.2) is 8.42 Å². The van der Waals surface area contributed by atoms with Gasteiger partial charge in [0.1, 0.15) is 0 Å². The molecule has 1 fully saturated rings. The quantitative estimate of drug-likeness (QED) is 0.485. The van der Waals surface area contributed by atoms with Gasteiger partial charge in [0.15, 0.2) is 5.96 Å². The molecule has 1 heterocycles. The Hall–Kier alpha value is -0.880. The third kappa shape index (κ3) is 7.22. The van der Waals surface area contributed by atoms with E-state index in [0.717, 1.165) is 0 Å². The Morgan fingerprint density at radius 2 is 1.74 bits per heavy atom. The Balaban J connectivity index is 2.39. The van der Waals surface area contributed by atoms with E-state index in [-0.39, 0.29) is 23.8 Å². The summed E-state index contributed by atoms with van der Waals surface area (Å²) < 4.78 is 72.7. The summed E-state index contributed by atoms with van der Waals surface area (Å²) in [5.74, 6) is 1.04. The number of rotatable bonds is 6. The van der Waals surface area contributed by atoms with E-state index in [0.29, 0.717) is 41.9 Å². The van der Waals surface area contributed by atoms with Gasteiger partial charge >= 0.3 is 15.5 Å². The summed E-state index contributed by atoms with van der Waals surface area (Å²) in [5.41, 5.74) is -5.25. The van der Waals surface area contributed by atoms with Crippen LogP contribution in [0.5, 0.6) is 0 Å². The molecule has 0 amide bonds. The zero-order chi connectivity index (χ0) is 20.9. The van der Waals surface area contributed by atoms with Crippen LogP contribution in [-0.2, 0) is 20.8 Å². The fourth-order valence-corrected chi connectivity index (χ4v) is 4.41. The van der Waals surface area contributed by atoms with Crippen molar-refractivity contribution in [2.45, 2.75) is 43.9 Å². The van der Waals surface area contributed by atoms with Crippen molar-refractivity contribution >= 4 is 26.8 Å². The van der Waals surface area contributed by atoms with Crippen LogP contribution in [0.25, 0.3) is 0 Å². The molecule has 160 valence electrons. The molecule has 0 bridgehead atoms. The maximum Gasteiger partial charge on any atom is 0.511 e. The summed E-state index contributed by atoms with van der Waals surface area (Å²) in [6.07, 6.45) is 0.681. The van der Waals surface area contributed by atoms with Gasteiger partial charge in [-0.1, -0.05) is 0 Å². The monoisotopic (exact) mass is 434 g/mol. The molecule has 2 N–H and O–H groups in total. The lowest BCUT2D eigenvalue weighted by molar-refractivity contribution is -0.0496. The van der Waals surface area contributed by atoms with E-state index in [1.807, 2.05) is 20.8 Å². The van der Waals surface area contributed by atoms with Crippen molar-refractivity contribution in [2.24, 2.45) is 10.9 Å². The summed E-state index contributed by atoms with van der Waals surface area (Å²) in [4.78, 5) is 4.06. The molecule has 12 heteroatoms. The molecule has 0 saturated carbocycles. The minimum Gasteiger partial charge on any atom is -0.356 e. The standard InChI is InChI=1S/C15H29F3N4O3S2/c1-14(2,3)26(23)10-7-20-13(19-4)21-11-12-5-8-22(9-6-12)27(24,25)15(16,17)18/h12H,5-11H2,1-4H3,(H2,19,20,21). The third-order valence-electron chi connectivity index (χ3n) is 4.25. The lowest BCUT2D eigenvalue weighted by atomic mass is 9.98. The smallest absolute Gasteiger partial charge is 0.356 e. The minimum absolute atomic E-state index is 0.0481. The number of halogens is 3. The fraction of sp³-hybridized carbons (Fsp3) is 0.933. The average molecular weight is 435 g/mol. The maximum atomic E-state index is 12.6. The van der Waals surface area contributed by atoms with E-state index >= 15 is 0 Å². The predicted octanol–water partition coefficient (Wildman–Crippen LogP) is 1.26. The second kappa shape index (κ2) is 9.55. The van der Waals surface area contributed by atoms with Crippen LogP contribution in [-0.4, -0.2) is 72.1 Å². The molecule has 0 aromatic rings. The highest BCUT2D eigenvalue weighted by atomic mass is 32.2. The first-order chi connectivity index (χ1) is 12.3. The molecule has 1 aliphatic heterocycles. The van der Waals surface area contributed by atoms with Crippen LogP contribution in [0.3, 0.4) is 0 Å². The molecule has 0 radical (unpaired) electrons. The highest BCUT2D eigenvalue weighted by Crippen LogP contribution is 2.30. The second-order valence-corrected chi connectivity index (χ2v) is 11.6. The van der Waals surface area contributed by atoms with Crippen molar-refractivity contribution in [3.63, 3.8) is 0 Å². The minimum atomic E-state index is -5.25. The zero-order valence-corrected chi connectivity index (χ0v) is 17.7. The van der Waals surface area contributed by atoms with E-state index in [2.05, 4.69) is 15.6 Å². The van der Waals surface area contributed by atoms with Gasteiger partial charge in [-0.3, -0.25) is 9.20 Å². The first-order valence-corrected chi connectivity index (χ1v) is 11.4. The number of aliphatic imine (C=N–C) groups is 1. The average Bonchev–Trinajstić information content (AvgIpc) is 2.56. The fourth-order valence-electron chi connectivity index (χ4n) is 2.53. The number of sulfonamides is 1. The number of piperidine rings is 1. The van der Waals surface area contributed by atoms with E-state index in [1.165, 1.54) is 0 Å². The largest absolute Gasteiger partial charge is 0.511 e. The molecule has 1 unspecified atom stereocenters. The summed E-state index contributed by atoms with van der Waals surface area (Å²) in [6.45, 7) is 6.37. The molecule has 0 aliphatic carbocycles. The van der Waals surface area contributed by atoms with E-state index in [1.54, 1.807) is 7.05 Å². The van der Waals surface area contributed by atoms with Gasteiger partial charge < -0.3 is 10.6 Å². The molecule has 0 aromatic carbocycles. The van der Waals surface area contributed by atoms with Crippen molar-refractivity contribution in [3.05, 3.63) is 0 Å². The molecular weight excluding hydrogens is 405 g/mol. The van der Waals surface area contributed by atoms with Gasteiger partial charge in [0.05, 0.1) is 0 Å². The van der Waals surface area contributed by atoms with Crippen LogP contribution in [0.1, 0.15) is 33.6 Å². The van der Waals surface area contributed by atoms with Crippen molar-refractivity contribution in [1.82, 2.24) is 14.9 Å². The zero-order valence-electron chi connectivity index (χ0n) is 16.1. The first-order valence-electron chi connectivity index (χ1n) is 8.68. The Morgan fingerprint density at radius 3 is 2.19 bits per heavy atom. The van der Waals surface area contributed by atoms with Crippen LogP contribution in [0, 0.1) is 5.92 Å². The van der Waals surface area contributed by atoms with E-state index in [4.69, 9.17) is 0 Å². The molecule has 7 nitrogen and oxygen atoms in total. The van der Waals surface area contributed by atoms with Gasteiger partial charge in [0.25, 0.3) is 0 Å². The predicted molar refractivity (Wildman–Crippen MR) is 101 cm³/mol. The van der Waals surface area contributed by atoms with Crippen LogP contribution in [0.2, 0.25) is 0 Å². The van der Waals surface area contributed by atoms with Gasteiger partial charge in [0, 0.05) is 54.5 Å². The summed E-state index contributed by atoms with van der Waals surface area (Å²) in [5, 5.41) is 6.14. The highest BCUT2D eigenvalue weighted by molar-refractivity contribution is 7.90. The topological polar surface area (TPSA) is 90.9 Å². The molecule has 27 heavy (non-hydrogen) atoms. The van der Waals surface area contributed by atoms with Crippen molar-refractivity contribution in [1.29, 1.82) is 0 Å². The highest BCUT2D eigenvalue weighted by Gasteiger charge is 2.50. The molecule has 1 atom stereocenters. The SMILES string of the molecule is CN=C(NCCS(=O)C(C)(C)C)NCC1CCN(S(=O)(=O)C(F)(F)F)CC1. The van der Waals surface area contributed by atoms with Crippen molar-refractivity contribution in [2.75, 3.05) is 39.0 Å². The number of hydrogen-bond acceptors (Lipinski definition) is 4. The Labute approximate surface area is 161 Å². The number of alkyl halides is 3. The van der Waals surface area contributed by atoms with Crippen LogP contribution in [0.15, 0.2) is 4.99 Å². The van der Waals surface area contributed by atoms with Crippen LogP contribution >= 0.6 is 0 Å². The lowest BCUT2D eigenvalue weighted by Crippen LogP contribution is -2.47. The molecule has 1 aliphatic rings. The van der Waals surface area contributed by atoms with Gasteiger partial charge in [0.2, 0.25) is 0 Å². The number of hydrogen-bond donors (Lipinski definition) is 2. The van der Waals surface area contributed by atoms with Gasteiger partial charge in [-0.2, -0.15) is 17.5 Å². The summed E-state index contributed by atoms with van der Waals surface area (Å²) in [7, 11) is -4.63. The Morgan fingerprint density at radius 1 is 1.19 bits per heavy atom. The lowest BCUT2D eigenvalue weighted by Gasteiger charge is -2.31. The Bertz CT molecular complexity index is 638. The normalized spacial score (nSPS) is 19.7. The molecular formula is C15H29F3N4O3S2. The Kier molecular flexibility index (Phi) is 8.54. The van der Waals surface area contributed by atoms with E-state index < -0.39 is 26.3 Å². The molecule has 1 saturated heterocycles. The summed E-state index contributed by atoms with van der Waals surface area (Å²) in [6, 6.07) is 0. The second-order valence-electron chi connectivity index (χ2n) is 7.34. The molecule has 0 aromatic heterocycles. The van der Waals surface area contributed by atoms with Crippen LogP contribution < -0.4 is 10.6 Å². The molecule has 0 spiro atoms. The van der Waals surface area contributed by atoms with Gasteiger partial charge in [-0.05, 0) is 39.5 Å². The summed E-state index contributed by atoms with van der Waals surface area (Å²) >= 11 is 0. The number of nitrogens with zero attached hydrogens (tertiary/aromatic N) is 2. The third-order valence-corrected chi connectivity index (χ3v) is 7.82. The van der Waals surface area contributed by atoms with Crippen LogP contribution in [0.4, 0.5) is 13.2 Å². The first kappa shape index (κ1) is 24.2. The van der Waals surface area contributed by atoms with Crippen molar-refractivity contribution < 1.29 is 25.8 Å². The molecule has 1 rings (SSSR count). The van der Waals surface area contributed by atoms with Crippen molar-refractivity contribution in [3.8, 4) is 0 Å². The van der Waals surface area contributed by atoms with Gasteiger partial charge in [-0.15, -0.1) is 0 Å². The maximum absolute atomic E-state index is 12.6.